The highest BCUT2D eigenvalue weighted by Gasteiger charge is 2.48. The van der Waals surface area contributed by atoms with Crippen molar-refractivity contribution in [1.82, 2.24) is 20.0 Å². The third kappa shape index (κ3) is 4.01. The summed E-state index contributed by atoms with van der Waals surface area (Å²) in [5, 5.41) is 9.53. The monoisotopic (exact) mass is 474 g/mol. The Labute approximate surface area is 200 Å². The molecule has 1 N–H and O–H groups in total. The smallest absolute Gasteiger partial charge is 0.273 e. The molecule has 8 heteroatoms. The highest BCUT2D eigenvalue weighted by molar-refractivity contribution is 7.13. The number of hydrogen-bond acceptors (Lipinski definition) is 4. The third-order valence-electron chi connectivity index (χ3n) is 6.14. The molecule has 5 rings (SSSR count). The summed E-state index contributed by atoms with van der Waals surface area (Å²) >= 11 is 1.53. The fourth-order valence-corrected chi connectivity index (χ4v) is 4.88. The zero-order chi connectivity index (χ0) is 23.7. The molecule has 4 aromatic rings. The molecule has 2 amide bonds. The van der Waals surface area contributed by atoms with Crippen LogP contribution in [0.4, 0.5) is 4.39 Å². The Morgan fingerprint density at radius 1 is 1.12 bits per heavy atom. The minimum absolute atomic E-state index is 0.0275. The summed E-state index contributed by atoms with van der Waals surface area (Å²) in [6, 6.07) is 21.5. The zero-order valence-corrected chi connectivity index (χ0v) is 19.4. The second kappa shape index (κ2) is 8.87. The predicted octanol–water partition coefficient (Wildman–Crippen LogP) is 4.48. The SMILES string of the molecule is CC1(C(=O)NCc2ccccc2)Cn2nc(-c3cccs3)cc2C(=O)N1Cc1ccccc1F. The van der Waals surface area contributed by atoms with Crippen LogP contribution < -0.4 is 5.32 Å². The third-order valence-corrected chi connectivity index (χ3v) is 7.03. The molecule has 34 heavy (non-hydrogen) atoms. The van der Waals surface area contributed by atoms with E-state index < -0.39 is 11.4 Å². The van der Waals surface area contributed by atoms with Crippen LogP contribution in [0.1, 0.15) is 28.5 Å². The quantitative estimate of drug-likeness (QED) is 0.448. The summed E-state index contributed by atoms with van der Waals surface area (Å²) in [7, 11) is 0. The summed E-state index contributed by atoms with van der Waals surface area (Å²) in [6.07, 6.45) is 0. The van der Waals surface area contributed by atoms with E-state index in [1.807, 2.05) is 47.8 Å². The minimum Gasteiger partial charge on any atom is -0.350 e. The van der Waals surface area contributed by atoms with Gasteiger partial charge in [0.25, 0.3) is 5.91 Å². The number of benzene rings is 2. The number of fused-ring (bicyclic) bond motifs is 1. The highest BCUT2D eigenvalue weighted by Crippen LogP contribution is 2.33. The summed E-state index contributed by atoms with van der Waals surface area (Å²) in [5.74, 6) is -1.09. The number of halogens is 1. The van der Waals surface area contributed by atoms with E-state index in [2.05, 4.69) is 10.4 Å². The van der Waals surface area contributed by atoms with Crippen molar-refractivity contribution in [2.45, 2.75) is 32.1 Å². The van der Waals surface area contributed by atoms with Gasteiger partial charge < -0.3 is 10.2 Å². The topological polar surface area (TPSA) is 67.2 Å². The molecule has 1 aliphatic heterocycles. The fourth-order valence-electron chi connectivity index (χ4n) is 4.20. The molecule has 0 aliphatic carbocycles. The molecule has 0 spiro atoms. The summed E-state index contributed by atoms with van der Waals surface area (Å²) < 4.78 is 16.1. The van der Waals surface area contributed by atoms with E-state index in [-0.39, 0.29) is 24.9 Å². The van der Waals surface area contributed by atoms with E-state index in [0.29, 0.717) is 23.5 Å². The number of carbonyl (C=O) groups excluding carboxylic acids is 2. The summed E-state index contributed by atoms with van der Waals surface area (Å²) in [4.78, 5) is 29.6. The Hall–Kier alpha value is -3.78. The number of thiophene rings is 1. The van der Waals surface area contributed by atoms with Gasteiger partial charge in [-0.15, -0.1) is 11.3 Å². The maximum atomic E-state index is 14.5. The van der Waals surface area contributed by atoms with Crippen LogP contribution in [-0.4, -0.2) is 32.0 Å². The van der Waals surface area contributed by atoms with E-state index in [0.717, 1.165) is 10.4 Å². The fraction of sp³-hybridized carbons (Fsp3) is 0.192. The molecule has 1 aliphatic rings. The van der Waals surface area contributed by atoms with E-state index >= 15 is 0 Å². The lowest BCUT2D eigenvalue weighted by molar-refractivity contribution is -0.133. The van der Waals surface area contributed by atoms with E-state index in [1.165, 1.54) is 22.3 Å². The first-order valence-electron chi connectivity index (χ1n) is 10.9. The predicted molar refractivity (Wildman–Crippen MR) is 129 cm³/mol. The molecule has 0 bridgehead atoms. The lowest BCUT2D eigenvalue weighted by atomic mass is 9.94. The number of aromatic nitrogens is 2. The van der Waals surface area contributed by atoms with Crippen molar-refractivity contribution in [2.24, 2.45) is 0 Å². The van der Waals surface area contributed by atoms with Crippen LogP contribution in [0.2, 0.25) is 0 Å². The Balaban J connectivity index is 1.51. The van der Waals surface area contributed by atoms with Crippen LogP contribution in [0.25, 0.3) is 10.6 Å². The van der Waals surface area contributed by atoms with Gasteiger partial charge in [0.2, 0.25) is 5.91 Å². The van der Waals surface area contributed by atoms with Gasteiger partial charge in [-0.2, -0.15) is 5.10 Å². The lowest BCUT2D eigenvalue weighted by Crippen LogP contribution is -2.63. The van der Waals surface area contributed by atoms with Crippen molar-refractivity contribution in [3.8, 4) is 10.6 Å². The molecule has 6 nitrogen and oxygen atoms in total. The van der Waals surface area contributed by atoms with Crippen molar-refractivity contribution in [3.63, 3.8) is 0 Å². The zero-order valence-electron chi connectivity index (χ0n) is 18.6. The van der Waals surface area contributed by atoms with Crippen LogP contribution in [0.15, 0.2) is 78.2 Å². The first kappa shape index (κ1) is 22.0. The van der Waals surface area contributed by atoms with Gasteiger partial charge in [-0.3, -0.25) is 14.3 Å². The Kier molecular flexibility index (Phi) is 5.75. The van der Waals surface area contributed by atoms with Crippen molar-refractivity contribution in [1.29, 1.82) is 0 Å². The second-order valence-corrected chi connectivity index (χ2v) is 9.42. The Morgan fingerprint density at radius 3 is 2.62 bits per heavy atom. The first-order valence-corrected chi connectivity index (χ1v) is 11.8. The number of hydrogen-bond donors (Lipinski definition) is 1. The Bertz CT molecular complexity index is 1340. The average molecular weight is 475 g/mol. The van der Waals surface area contributed by atoms with E-state index in [9.17, 15) is 14.0 Å². The largest absolute Gasteiger partial charge is 0.350 e. The normalized spacial score (nSPS) is 17.5. The summed E-state index contributed by atoms with van der Waals surface area (Å²) in [5.41, 5.74) is 1.09. The van der Waals surface area contributed by atoms with Gasteiger partial charge in [-0.25, -0.2) is 4.39 Å². The van der Waals surface area contributed by atoms with Crippen molar-refractivity contribution >= 4 is 23.2 Å². The van der Waals surface area contributed by atoms with Gasteiger partial charge in [0.05, 0.1) is 18.0 Å². The van der Waals surface area contributed by atoms with Crippen LogP contribution in [-0.2, 0) is 24.4 Å². The maximum absolute atomic E-state index is 14.5. The summed E-state index contributed by atoms with van der Waals surface area (Å²) in [6.45, 7) is 2.17. The van der Waals surface area contributed by atoms with E-state index in [4.69, 9.17) is 0 Å². The molecular weight excluding hydrogens is 451 g/mol. The molecule has 3 heterocycles. The molecule has 0 saturated carbocycles. The molecule has 0 saturated heterocycles. The Morgan fingerprint density at radius 2 is 1.88 bits per heavy atom. The van der Waals surface area contributed by atoms with Gasteiger partial charge >= 0.3 is 0 Å². The molecule has 1 unspecified atom stereocenters. The van der Waals surface area contributed by atoms with Crippen LogP contribution in [0.5, 0.6) is 0 Å². The molecule has 0 fully saturated rings. The van der Waals surface area contributed by atoms with Gasteiger partial charge in [-0.1, -0.05) is 54.6 Å². The van der Waals surface area contributed by atoms with Crippen LogP contribution >= 0.6 is 11.3 Å². The average Bonchev–Trinajstić information content (AvgIpc) is 3.52. The molecule has 172 valence electrons. The number of nitrogens with one attached hydrogen (secondary N) is 1. The number of carbonyl (C=O) groups is 2. The van der Waals surface area contributed by atoms with Crippen LogP contribution in [0.3, 0.4) is 0 Å². The lowest BCUT2D eigenvalue weighted by Gasteiger charge is -2.43. The van der Waals surface area contributed by atoms with Crippen molar-refractivity contribution in [3.05, 3.63) is 101 Å². The first-order chi connectivity index (χ1) is 16.5. The van der Waals surface area contributed by atoms with Crippen LogP contribution in [0, 0.1) is 5.82 Å². The molecule has 2 aromatic carbocycles. The second-order valence-electron chi connectivity index (χ2n) is 8.47. The molecule has 1 atom stereocenters. The number of rotatable bonds is 6. The van der Waals surface area contributed by atoms with Gasteiger partial charge in [0.1, 0.15) is 22.7 Å². The number of amides is 2. The van der Waals surface area contributed by atoms with Gasteiger partial charge in [0.15, 0.2) is 0 Å². The van der Waals surface area contributed by atoms with Gasteiger partial charge in [0, 0.05) is 12.1 Å². The standard InChI is InChI=1S/C26H23FN4O2S/c1-26(25(33)28-15-18-8-3-2-4-9-18)17-31-22(14-21(29-31)23-12-7-13-34-23)24(32)30(26)16-19-10-5-6-11-20(19)27/h2-14H,15-17H2,1H3,(H,28,33). The molecular formula is C26H23FN4O2S. The number of nitrogens with zero attached hydrogens (tertiary/aromatic N) is 3. The highest BCUT2D eigenvalue weighted by atomic mass is 32.1. The van der Waals surface area contributed by atoms with Crippen molar-refractivity contribution < 1.29 is 14.0 Å². The maximum Gasteiger partial charge on any atom is 0.273 e. The van der Waals surface area contributed by atoms with E-state index in [1.54, 1.807) is 35.9 Å². The molecule has 0 radical (unpaired) electrons. The minimum atomic E-state index is -1.26. The van der Waals surface area contributed by atoms with Gasteiger partial charge in [-0.05, 0) is 36.1 Å². The molecule has 2 aromatic heterocycles. The van der Waals surface area contributed by atoms with Crippen molar-refractivity contribution in [2.75, 3.05) is 0 Å².